The van der Waals surface area contributed by atoms with E-state index in [4.69, 9.17) is 4.74 Å². The van der Waals surface area contributed by atoms with Crippen molar-refractivity contribution in [3.05, 3.63) is 65.4 Å². The molecule has 0 aliphatic rings. The molecule has 0 N–H and O–H groups in total. The third kappa shape index (κ3) is 2.37. The van der Waals surface area contributed by atoms with E-state index in [9.17, 15) is 10.0 Å². The number of benzene rings is 2. The van der Waals surface area contributed by atoms with Crippen molar-refractivity contribution in [2.24, 2.45) is 0 Å². The lowest BCUT2D eigenvalue weighted by molar-refractivity contribution is -0.640. The zero-order chi connectivity index (χ0) is 17.4. The molecule has 0 radical (unpaired) electrons. The van der Waals surface area contributed by atoms with Gasteiger partial charge in [0.2, 0.25) is 5.65 Å². The molecule has 2 aromatic carbocycles. The van der Waals surface area contributed by atoms with Gasteiger partial charge in [-0.25, -0.2) is 9.31 Å². The van der Waals surface area contributed by atoms with Crippen LogP contribution in [0.5, 0.6) is 0 Å². The lowest BCUT2D eigenvalue weighted by atomic mass is 10.1. The molecule has 124 valence electrons. The number of hydrogen-bond donors (Lipinski definition) is 0. The van der Waals surface area contributed by atoms with Gasteiger partial charge in [0.1, 0.15) is 16.8 Å². The summed E-state index contributed by atoms with van der Waals surface area (Å²) < 4.78 is 6.68. The molecule has 2 heterocycles. The van der Waals surface area contributed by atoms with E-state index in [-0.39, 0.29) is 17.8 Å². The molecule has 0 spiro atoms. The predicted octanol–water partition coefficient (Wildman–Crippen LogP) is 2.36. The Morgan fingerprint density at radius 1 is 1.16 bits per heavy atom. The van der Waals surface area contributed by atoms with Crippen molar-refractivity contribution in [1.82, 2.24) is 14.7 Å². The lowest BCUT2D eigenvalue weighted by Crippen LogP contribution is -2.33. The van der Waals surface area contributed by atoms with Gasteiger partial charge >= 0.3 is 5.97 Å². The van der Waals surface area contributed by atoms with E-state index < -0.39 is 5.97 Å². The fourth-order valence-corrected chi connectivity index (χ4v) is 2.80. The highest BCUT2D eigenvalue weighted by atomic mass is 16.5. The molecule has 0 saturated carbocycles. The standard InChI is InChI=1S/C18H14N4O3/c1-2-25-18(23)15-16(12-8-4-3-5-9-12)19-21-13-10-6-7-11-14(13)22(24)20-17(15)21/h3-11H,2H2,1H3. The number of rotatable bonds is 3. The highest BCUT2D eigenvalue weighted by Crippen LogP contribution is 2.27. The van der Waals surface area contributed by atoms with Crippen molar-refractivity contribution >= 4 is 22.6 Å². The van der Waals surface area contributed by atoms with Crippen LogP contribution in [0.4, 0.5) is 0 Å². The monoisotopic (exact) mass is 334 g/mol. The minimum atomic E-state index is -0.556. The van der Waals surface area contributed by atoms with Crippen LogP contribution >= 0.6 is 0 Å². The SMILES string of the molecule is CCOC(=O)c1c(-c2ccccc2)nn2c1n[n+]([O-])c1ccccc12. The van der Waals surface area contributed by atoms with Crippen molar-refractivity contribution in [3.63, 3.8) is 0 Å². The Morgan fingerprint density at radius 3 is 2.64 bits per heavy atom. The lowest BCUT2D eigenvalue weighted by Gasteiger charge is -2.03. The second-order valence-electron chi connectivity index (χ2n) is 5.41. The predicted molar refractivity (Wildman–Crippen MR) is 90.8 cm³/mol. The Balaban J connectivity index is 2.12. The summed E-state index contributed by atoms with van der Waals surface area (Å²) in [6.45, 7) is 1.94. The average Bonchev–Trinajstić information content (AvgIpc) is 3.02. The fourth-order valence-electron chi connectivity index (χ4n) is 2.80. The van der Waals surface area contributed by atoms with Gasteiger partial charge < -0.3 is 9.94 Å². The van der Waals surface area contributed by atoms with Crippen LogP contribution in [0.1, 0.15) is 17.3 Å². The van der Waals surface area contributed by atoms with E-state index >= 15 is 0 Å². The zero-order valence-corrected chi connectivity index (χ0v) is 13.4. The summed E-state index contributed by atoms with van der Waals surface area (Å²) in [6.07, 6.45) is 0. The maximum absolute atomic E-state index is 12.5. The van der Waals surface area contributed by atoms with Crippen LogP contribution in [0.2, 0.25) is 0 Å². The molecule has 0 bridgehead atoms. The molecular weight excluding hydrogens is 320 g/mol. The summed E-state index contributed by atoms with van der Waals surface area (Å²) in [6, 6.07) is 16.2. The van der Waals surface area contributed by atoms with Crippen molar-refractivity contribution < 1.29 is 14.4 Å². The number of carbonyl (C=O) groups excluding carboxylic acids is 1. The molecule has 0 aliphatic heterocycles. The minimum absolute atomic E-state index is 0.172. The number of nitrogens with zero attached hydrogens (tertiary/aromatic N) is 4. The smallest absolute Gasteiger partial charge is 0.344 e. The Labute approximate surface area is 142 Å². The fraction of sp³-hybridized carbons (Fsp3) is 0.111. The quantitative estimate of drug-likeness (QED) is 0.326. The number of aromatic nitrogens is 4. The van der Waals surface area contributed by atoms with Crippen LogP contribution in [0.25, 0.3) is 27.9 Å². The summed E-state index contributed by atoms with van der Waals surface area (Å²) in [4.78, 5) is 13.0. The minimum Gasteiger partial charge on any atom is -0.594 e. The van der Waals surface area contributed by atoms with Crippen molar-refractivity contribution in [2.45, 2.75) is 6.92 Å². The van der Waals surface area contributed by atoms with Crippen molar-refractivity contribution in [3.8, 4) is 11.3 Å². The van der Waals surface area contributed by atoms with Gasteiger partial charge in [0.15, 0.2) is 0 Å². The molecule has 0 fully saturated rings. The van der Waals surface area contributed by atoms with E-state index in [1.165, 1.54) is 4.52 Å². The maximum atomic E-state index is 12.5. The van der Waals surface area contributed by atoms with Gasteiger partial charge in [0, 0.05) is 16.7 Å². The third-order valence-electron chi connectivity index (χ3n) is 3.89. The van der Waals surface area contributed by atoms with E-state index in [0.29, 0.717) is 21.6 Å². The van der Waals surface area contributed by atoms with Crippen LogP contribution < -0.4 is 4.85 Å². The summed E-state index contributed by atoms with van der Waals surface area (Å²) in [5.74, 6) is -0.556. The molecule has 4 aromatic rings. The first-order chi connectivity index (χ1) is 12.2. The number of fused-ring (bicyclic) bond motifs is 3. The van der Waals surface area contributed by atoms with Gasteiger partial charge in [-0.2, -0.15) is 5.10 Å². The van der Waals surface area contributed by atoms with Crippen LogP contribution in [0, 0.1) is 5.21 Å². The van der Waals surface area contributed by atoms with E-state index in [1.807, 2.05) is 30.3 Å². The van der Waals surface area contributed by atoms with Crippen LogP contribution in [0.15, 0.2) is 54.6 Å². The molecule has 7 heteroatoms. The molecule has 2 aromatic heterocycles. The van der Waals surface area contributed by atoms with E-state index in [1.54, 1.807) is 31.2 Å². The molecule has 0 atom stereocenters. The maximum Gasteiger partial charge on any atom is 0.344 e. The van der Waals surface area contributed by atoms with Crippen LogP contribution in [0.3, 0.4) is 0 Å². The highest BCUT2D eigenvalue weighted by molar-refractivity contribution is 6.03. The molecule has 25 heavy (non-hydrogen) atoms. The van der Waals surface area contributed by atoms with Gasteiger partial charge in [0.05, 0.1) is 6.61 Å². The first kappa shape index (κ1) is 15.1. The molecule has 0 aliphatic carbocycles. The topological polar surface area (TPSA) is 83.4 Å². The zero-order valence-electron chi connectivity index (χ0n) is 13.4. The number of esters is 1. The Hall–Kier alpha value is -3.48. The van der Waals surface area contributed by atoms with Gasteiger partial charge in [-0.1, -0.05) is 42.5 Å². The molecule has 0 amide bonds. The normalized spacial score (nSPS) is 11.1. The number of hydrogen-bond acceptors (Lipinski definition) is 5. The first-order valence-corrected chi connectivity index (χ1v) is 7.84. The number of ether oxygens (including phenoxy) is 1. The second-order valence-corrected chi connectivity index (χ2v) is 5.41. The summed E-state index contributed by atoms with van der Waals surface area (Å²) >= 11 is 0. The van der Waals surface area contributed by atoms with Gasteiger partial charge in [-0.05, 0) is 17.8 Å². The highest BCUT2D eigenvalue weighted by Gasteiger charge is 2.27. The molecule has 7 nitrogen and oxygen atoms in total. The van der Waals surface area contributed by atoms with Crippen LogP contribution in [-0.2, 0) is 4.74 Å². The van der Waals surface area contributed by atoms with Crippen LogP contribution in [-0.4, -0.2) is 27.3 Å². The summed E-state index contributed by atoms with van der Waals surface area (Å²) in [5, 5.41) is 20.9. The third-order valence-corrected chi connectivity index (χ3v) is 3.89. The van der Waals surface area contributed by atoms with Crippen molar-refractivity contribution in [1.29, 1.82) is 0 Å². The average molecular weight is 334 g/mol. The largest absolute Gasteiger partial charge is 0.594 e. The Bertz CT molecular complexity index is 1090. The van der Waals surface area contributed by atoms with Crippen molar-refractivity contribution in [2.75, 3.05) is 6.61 Å². The van der Waals surface area contributed by atoms with E-state index in [0.717, 1.165) is 5.56 Å². The second kappa shape index (κ2) is 5.86. The van der Waals surface area contributed by atoms with Gasteiger partial charge in [-0.15, -0.1) is 0 Å². The Kier molecular flexibility index (Phi) is 3.53. The van der Waals surface area contributed by atoms with Gasteiger partial charge in [0.25, 0.3) is 5.52 Å². The molecule has 0 unspecified atom stereocenters. The number of carbonyl (C=O) groups is 1. The number of para-hydroxylation sites is 2. The molecular formula is C18H14N4O3. The summed E-state index contributed by atoms with van der Waals surface area (Å²) in [5.41, 5.74) is 2.47. The summed E-state index contributed by atoms with van der Waals surface area (Å²) in [7, 11) is 0. The molecule has 0 saturated heterocycles. The molecule has 4 rings (SSSR count). The Morgan fingerprint density at radius 2 is 1.88 bits per heavy atom. The van der Waals surface area contributed by atoms with Gasteiger partial charge in [-0.3, -0.25) is 0 Å². The first-order valence-electron chi connectivity index (χ1n) is 7.84. The van der Waals surface area contributed by atoms with E-state index in [2.05, 4.69) is 10.2 Å².